The van der Waals surface area contributed by atoms with Crippen LogP contribution in [0.1, 0.15) is 64.4 Å². The van der Waals surface area contributed by atoms with Crippen LogP contribution in [0.3, 0.4) is 0 Å². The quantitative estimate of drug-likeness (QED) is 0.636. The SMILES string of the molecule is CCCCCCC(NCC)C1(c2ccccc2)CC1. The van der Waals surface area contributed by atoms with Gasteiger partial charge in [-0.05, 0) is 31.4 Å². The highest BCUT2D eigenvalue weighted by molar-refractivity contribution is 5.33. The van der Waals surface area contributed by atoms with Gasteiger partial charge >= 0.3 is 0 Å². The molecule has 1 heteroatoms. The zero-order valence-corrected chi connectivity index (χ0v) is 12.6. The van der Waals surface area contributed by atoms with Crippen molar-refractivity contribution in [1.82, 2.24) is 5.32 Å². The summed E-state index contributed by atoms with van der Waals surface area (Å²) in [7, 11) is 0. The minimum atomic E-state index is 0.448. The van der Waals surface area contributed by atoms with Crippen molar-refractivity contribution in [2.75, 3.05) is 6.54 Å². The molecule has 106 valence electrons. The Balaban J connectivity index is 1.98. The Morgan fingerprint density at radius 1 is 1.05 bits per heavy atom. The highest BCUT2D eigenvalue weighted by Gasteiger charge is 2.49. The highest BCUT2D eigenvalue weighted by Crippen LogP contribution is 2.52. The van der Waals surface area contributed by atoms with Crippen LogP contribution in [-0.2, 0) is 5.41 Å². The largest absolute Gasteiger partial charge is 0.313 e. The van der Waals surface area contributed by atoms with E-state index in [1.165, 1.54) is 44.9 Å². The van der Waals surface area contributed by atoms with Crippen molar-refractivity contribution in [3.05, 3.63) is 35.9 Å². The molecule has 0 radical (unpaired) electrons. The van der Waals surface area contributed by atoms with E-state index in [2.05, 4.69) is 49.5 Å². The van der Waals surface area contributed by atoms with E-state index in [0.717, 1.165) is 6.54 Å². The normalized spacial score (nSPS) is 18.2. The van der Waals surface area contributed by atoms with Crippen LogP contribution >= 0.6 is 0 Å². The third kappa shape index (κ3) is 3.60. The molecule has 1 aromatic rings. The molecule has 0 aliphatic heterocycles. The minimum Gasteiger partial charge on any atom is -0.313 e. The average Bonchev–Trinajstić information content (AvgIpc) is 3.25. The average molecular weight is 259 g/mol. The fourth-order valence-electron chi connectivity index (χ4n) is 3.34. The lowest BCUT2D eigenvalue weighted by atomic mass is 9.85. The van der Waals surface area contributed by atoms with Gasteiger partial charge in [-0.15, -0.1) is 0 Å². The maximum atomic E-state index is 3.76. The van der Waals surface area contributed by atoms with Gasteiger partial charge in [0.2, 0.25) is 0 Å². The maximum Gasteiger partial charge on any atom is 0.0164 e. The molecule has 0 aromatic heterocycles. The summed E-state index contributed by atoms with van der Waals surface area (Å²) in [6.45, 7) is 5.61. The van der Waals surface area contributed by atoms with Crippen molar-refractivity contribution >= 4 is 0 Å². The predicted octanol–water partition coefficient (Wildman–Crippen LogP) is 4.67. The lowest BCUT2D eigenvalue weighted by molar-refractivity contribution is 0.384. The van der Waals surface area contributed by atoms with Crippen molar-refractivity contribution < 1.29 is 0 Å². The Bertz CT molecular complexity index is 353. The molecule has 1 aliphatic rings. The summed E-state index contributed by atoms with van der Waals surface area (Å²) >= 11 is 0. The Hall–Kier alpha value is -0.820. The number of rotatable bonds is 9. The minimum absolute atomic E-state index is 0.448. The first-order valence-electron chi connectivity index (χ1n) is 8.12. The fraction of sp³-hybridized carbons (Fsp3) is 0.667. The van der Waals surface area contributed by atoms with Crippen molar-refractivity contribution in [3.63, 3.8) is 0 Å². The van der Waals surface area contributed by atoms with Crippen molar-refractivity contribution in [1.29, 1.82) is 0 Å². The molecular weight excluding hydrogens is 230 g/mol. The Kier molecular flexibility index (Phi) is 5.45. The van der Waals surface area contributed by atoms with Crippen LogP contribution < -0.4 is 5.32 Å². The Morgan fingerprint density at radius 3 is 2.37 bits per heavy atom. The monoisotopic (exact) mass is 259 g/mol. The highest BCUT2D eigenvalue weighted by atomic mass is 14.9. The molecule has 1 saturated carbocycles. The van der Waals surface area contributed by atoms with E-state index in [0.29, 0.717) is 11.5 Å². The van der Waals surface area contributed by atoms with Gasteiger partial charge in [0.05, 0.1) is 0 Å². The van der Waals surface area contributed by atoms with E-state index < -0.39 is 0 Å². The van der Waals surface area contributed by atoms with E-state index in [4.69, 9.17) is 0 Å². The van der Waals surface area contributed by atoms with Crippen LogP contribution in [-0.4, -0.2) is 12.6 Å². The third-order valence-corrected chi connectivity index (χ3v) is 4.60. The van der Waals surface area contributed by atoms with Gasteiger partial charge in [-0.3, -0.25) is 0 Å². The Morgan fingerprint density at radius 2 is 1.79 bits per heavy atom. The Labute approximate surface area is 118 Å². The fourth-order valence-corrected chi connectivity index (χ4v) is 3.34. The first kappa shape index (κ1) is 14.6. The lowest BCUT2D eigenvalue weighted by Crippen LogP contribution is -2.40. The summed E-state index contributed by atoms with van der Waals surface area (Å²) in [5.74, 6) is 0. The molecule has 1 N–H and O–H groups in total. The zero-order chi connectivity index (χ0) is 13.6. The van der Waals surface area contributed by atoms with Gasteiger partial charge in [0.25, 0.3) is 0 Å². The topological polar surface area (TPSA) is 12.0 Å². The van der Waals surface area contributed by atoms with Gasteiger partial charge in [0.15, 0.2) is 0 Å². The van der Waals surface area contributed by atoms with E-state index >= 15 is 0 Å². The standard InChI is InChI=1S/C18H29N/c1-3-5-6-10-13-17(19-4-2)18(14-15-18)16-11-8-7-9-12-16/h7-9,11-12,17,19H,3-6,10,13-15H2,1-2H3. The van der Waals surface area contributed by atoms with Gasteiger partial charge in [0, 0.05) is 11.5 Å². The summed E-state index contributed by atoms with van der Waals surface area (Å²) < 4.78 is 0. The van der Waals surface area contributed by atoms with Crippen molar-refractivity contribution in [2.45, 2.75) is 70.3 Å². The molecule has 1 atom stereocenters. The molecule has 1 aliphatic carbocycles. The lowest BCUT2D eigenvalue weighted by Gasteiger charge is -2.28. The van der Waals surface area contributed by atoms with E-state index in [9.17, 15) is 0 Å². The summed E-state index contributed by atoms with van der Waals surface area (Å²) in [5, 5.41) is 3.76. The summed E-state index contributed by atoms with van der Waals surface area (Å²) in [6.07, 6.45) is 9.55. The summed E-state index contributed by atoms with van der Waals surface area (Å²) in [6, 6.07) is 11.8. The molecule has 1 fully saturated rings. The number of unbranched alkanes of at least 4 members (excludes halogenated alkanes) is 3. The number of benzene rings is 1. The molecule has 0 bridgehead atoms. The molecule has 0 heterocycles. The molecule has 1 unspecified atom stereocenters. The van der Waals surface area contributed by atoms with Crippen molar-refractivity contribution in [2.24, 2.45) is 0 Å². The van der Waals surface area contributed by atoms with Gasteiger partial charge in [-0.1, -0.05) is 69.9 Å². The zero-order valence-electron chi connectivity index (χ0n) is 12.6. The molecule has 0 spiro atoms. The summed E-state index contributed by atoms with van der Waals surface area (Å²) in [5.41, 5.74) is 2.00. The number of likely N-dealkylation sites (N-methyl/N-ethyl adjacent to an activating group) is 1. The predicted molar refractivity (Wildman–Crippen MR) is 83.6 cm³/mol. The molecular formula is C18H29N. The smallest absolute Gasteiger partial charge is 0.0164 e. The summed E-state index contributed by atoms with van der Waals surface area (Å²) in [4.78, 5) is 0. The second kappa shape index (κ2) is 7.09. The molecule has 1 nitrogen and oxygen atoms in total. The van der Waals surface area contributed by atoms with E-state index in [-0.39, 0.29) is 0 Å². The first-order chi connectivity index (χ1) is 9.33. The number of hydrogen-bond donors (Lipinski definition) is 1. The van der Waals surface area contributed by atoms with Gasteiger partial charge in [0.1, 0.15) is 0 Å². The second-order valence-electron chi connectivity index (χ2n) is 5.98. The van der Waals surface area contributed by atoms with Crippen LogP contribution in [0.2, 0.25) is 0 Å². The van der Waals surface area contributed by atoms with Gasteiger partial charge in [-0.25, -0.2) is 0 Å². The van der Waals surface area contributed by atoms with E-state index in [1.807, 2.05) is 0 Å². The van der Waals surface area contributed by atoms with Crippen molar-refractivity contribution in [3.8, 4) is 0 Å². The number of nitrogens with one attached hydrogen (secondary N) is 1. The molecule has 1 aromatic carbocycles. The van der Waals surface area contributed by atoms with Crippen LogP contribution in [0.4, 0.5) is 0 Å². The van der Waals surface area contributed by atoms with Crippen LogP contribution in [0, 0.1) is 0 Å². The second-order valence-corrected chi connectivity index (χ2v) is 5.98. The molecule has 0 amide bonds. The third-order valence-electron chi connectivity index (χ3n) is 4.60. The molecule has 2 rings (SSSR count). The van der Waals surface area contributed by atoms with Crippen LogP contribution in [0.5, 0.6) is 0 Å². The molecule has 19 heavy (non-hydrogen) atoms. The molecule has 0 saturated heterocycles. The van der Waals surface area contributed by atoms with Crippen LogP contribution in [0.25, 0.3) is 0 Å². The first-order valence-corrected chi connectivity index (χ1v) is 8.12. The van der Waals surface area contributed by atoms with Gasteiger partial charge in [-0.2, -0.15) is 0 Å². The van der Waals surface area contributed by atoms with Crippen LogP contribution in [0.15, 0.2) is 30.3 Å². The van der Waals surface area contributed by atoms with E-state index in [1.54, 1.807) is 5.56 Å². The number of hydrogen-bond acceptors (Lipinski definition) is 1. The van der Waals surface area contributed by atoms with Gasteiger partial charge < -0.3 is 5.32 Å². The maximum absolute atomic E-state index is 3.76.